The number of rotatable bonds is 10. The fourth-order valence-electron chi connectivity index (χ4n) is 4.48. The molecule has 0 fully saturated rings. The van der Waals surface area contributed by atoms with Crippen LogP contribution in [0.5, 0.6) is 5.75 Å². The standard InChI is InChI=1S/C32H33N7O5S2/c1-32(2,3)21-16-24(28(44-4)25(17-21)39-46(5,42)43)36-31(41)26-15-19-7-6-8-23(29(19)45-26)35-30(40)20-9-10-27(34-18-20)38-37-22-11-13-33-14-12-22/h6-18,39H,1-5H3,(H,33,37)(H,34,38)(H,35,40)(H,36,41). The minimum Gasteiger partial charge on any atom is -0.492 e. The Balaban J connectivity index is 1.35. The molecule has 2 aromatic carbocycles. The topological polar surface area (TPSA) is 163 Å². The number of nitrogens with one attached hydrogen (secondary N) is 5. The molecule has 5 aromatic rings. The number of carbonyl (C=O) groups excluding carboxylic acids is 2. The fraction of sp³-hybridized carbons (Fsp3) is 0.188. The van der Waals surface area contributed by atoms with Crippen LogP contribution in [0.2, 0.25) is 0 Å². The highest BCUT2D eigenvalue weighted by Crippen LogP contribution is 2.40. The summed E-state index contributed by atoms with van der Waals surface area (Å²) in [7, 11) is -2.22. The lowest BCUT2D eigenvalue weighted by Gasteiger charge is -2.23. The van der Waals surface area contributed by atoms with Gasteiger partial charge < -0.3 is 15.4 Å². The number of benzene rings is 2. The van der Waals surface area contributed by atoms with E-state index in [0.29, 0.717) is 32.3 Å². The molecule has 0 atom stereocenters. The van der Waals surface area contributed by atoms with Crippen LogP contribution < -0.4 is 30.9 Å². The summed E-state index contributed by atoms with van der Waals surface area (Å²) < 4.78 is 32.9. The first-order valence-corrected chi connectivity index (χ1v) is 16.8. The summed E-state index contributed by atoms with van der Waals surface area (Å²) in [4.78, 5) is 35.3. The average molecular weight is 660 g/mol. The van der Waals surface area contributed by atoms with E-state index in [0.717, 1.165) is 22.9 Å². The molecule has 0 saturated heterocycles. The average Bonchev–Trinajstić information content (AvgIpc) is 3.45. The second kappa shape index (κ2) is 13.0. The predicted molar refractivity (Wildman–Crippen MR) is 184 cm³/mol. The van der Waals surface area contributed by atoms with Crippen LogP contribution in [0.3, 0.4) is 0 Å². The van der Waals surface area contributed by atoms with Crippen molar-refractivity contribution < 1.29 is 22.7 Å². The number of ether oxygens (including phenoxy) is 1. The maximum atomic E-state index is 13.5. The quantitative estimate of drug-likeness (QED) is 0.108. The molecule has 12 nitrogen and oxygen atoms in total. The number of nitrogens with zero attached hydrogens (tertiary/aromatic N) is 2. The molecule has 2 amide bonds. The summed E-state index contributed by atoms with van der Waals surface area (Å²) in [5, 5.41) is 6.58. The van der Waals surface area contributed by atoms with Crippen molar-refractivity contribution in [3.63, 3.8) is 0 Å². The summed E-state index contributed by atoms with van der Waals surface area (Å²) in [6, 6.07) is 17.5. The minimum absolute atomic E-state index is 0.184. The summed E-state index contributed by atoms with van der Waals surface area (Å²) in [5.74, 6) is -0.0689. The highest BCUT2D eigenvalue weighted by Gasteiger charge is 2.23. The van der Waals surface area contributed by atoms with Crippen molar-refractivity contribution in [3.8, 4) is 5.75 Å². The van der Waals surface area contributed by atoms with E-state index in [1.165, 1.54) is 24.6 Å². The molecule has 46 heavy (non-hydrogen) atoms. The van der Waals surface area contributed by atoms with Crippen molar-refractivity contribution in [1.82, 2.24) is 9.97 Å². The van der Waals surface area contributed by atoms with Crippen LogP contribution in [0, 0.1) is 0 Å². The maximum Gasteiger partial charge on any atom is 0.265 e. The molecular weight excluding hydrogens is 627 g/mol. The van der Waals surface area contributed by atoms with Gasteiger partial charge in [-0.2, -0.15) is 0 Å². The molecule has 5 N–H and O–H groups in total. The maximum absolute atomic E-state index is 13.5. The molecule has 14 heteroatoms. The Hall–Kier alpha value is -5.21. The first kappa shape index (κ1) is 32.2. The highest BCUT2D eigenvalue weighted by atomic mass is 32.2. The van der Waals surface area contributed by atoms with Gasteiger partial charge in [-0.3, -0.25) is 30.1 Å². The van der Waals surface area contributed by atoms with E-state index in [1.807, 2.05) is 26.8 Å². The van der Waals surface area contributed by atoms with Gasteiger partial charge in [0.2, 0.25) is 10.0 Å². The van der Waals surface area contributed by atoms with Crippen LogP contribution in [0.25, 0.3) is 10.1 Å². The van der Waals surface area contributed by atoms with Crippen LogP contribution >= 0.6 is 11.3 Å². The van der Waals surface area contributed by atoms with Gasteiger partial charge in [-0.1, -0.05) is 32.9 Å². The summed E-state index contributed by atoms with van der Waals surface area (Å²) in [5.41, 5.74) is 8.65. The van der Waals surface area contributed by atoms with Gasteiger partial charge in [0.1, 0.15) is 5.82 Å². The van der Waals surface area contributed by atoms with Crippen LogP contribution in [0.4, 0.5) is 28.6 Å². The molecule has 0 saturated carbocycles. The fourth-order valence-corrected chi connectivity index (χ4v) is 6.05. The van der Waals surface area contributed by atoms with E-state index in [-0.39, 0.29) is 22.8 Å². The SMILES string of the molecule is COc1c(NC(=O)c2cc3cccc(NC(=O)c4ccc(NNc5ccncc5)nc4)c3s2)cc(C(C)(C)C)cc1NS(C)(=O)=O. The number of fused-ring (bicyclic) bond motifs is 1. The Morgan fingerprint density at radius 2 is 1.59 bits per heavy atom. The van der Waals surface area contributed by atoms with E-state index in [1.54, 1.807) is 67.0 Å². The number of pyridine rings is 2. The van der Waals surface area contributed by atoms with E-state index in [9.17, 15) is 18.0 Å². The van der Waals surface area contributed by atoms with Gasteiger partial charge in [0.05, 0.1) is 51.3 Å². The zero-order chi connectivity index (χ0) is 33.1. The second-order valence-electron chi connectivity index (χ2n) is 11.4. The van der Waals surface area contributed by atoms with Crippen molar-refractivity contribution in [1.29, 1.82) is 0 Å². The van der Waals surface area contributed by atoms with E-state index in [2.05, 4.69) is 36.2 Å². The third kappa shape index (κ3) is 7.71. The number of anilines is 5. The Kier molecular flexibility index (Phi) is 9.12. The number of thiophene rings is 1. The molecule has 0 aliphatic carbocycles. The first-order valence-electron chi connectivity index (χ1n) is 14.0. The number of amides is 2. The lowest BCUT2D eigenvalue weighted by Crippen LogP contribution is -2.18. The molecule has 3 aromatic heterocycles. The Labute approximate surface area is 270 Å². The number of hydrogen-bond acceptors (Lipinski definition) is 10. The van der Waals surface area contributed by atoms with Gasteiger partial charge in [-0.25, -0.2) is 13.4 Å². The zero-order valence-corrected chi connectivity index (χ0v) is 27.4. The number of hydrogen-bond donors (Lipinski definition) is 5. The zero-order valence-electron chi connectivity index (χ0n) is 25.8. The van der Waals surface area contributed by atoms with Crippen molar-refractivity contribution in [2.45, 2.75) is 26.2 Å². The van der Waals surface area contributed by atoms with Crippen molar-refractivity contribution in [2.75, 3.05) is 39.6 Å². The third-order valence-electron chi connectivity index (χ3n) is 6.76. The van der Waals surface area contributed by atoms with E-state index in [4.69, 9.17) is 4.74 Å². The molecule has 3 heterocycles. The summed E-state index contributed by atoms with van der Waals surface area (Å²) in [6.07, 6.45) is 5.83. The molecule has 0 aliphatic rings. The number of sulfonamides is 1. The normalized spacial score (nSPS) is 11.5. The van der Waals surface area contributed by atoms with Gasteiger partial charge in [0.15, 0.2) is 5.75 Å². The van der Waals surface area contributed by atoms with Gasteiger partial charge in [0.25, 0.3) is 11.8 Å². The molecule has 0 bridgehead atoms. The molecule has 0 radical (unpaired) electrons. The lowest BCUT2D eigenvalue weighted by atomic mass is 9.86. The van der Waals surface area contributed by atoms with E-state index >= 15 is 0 Å². The molecule has 0 unspecified atom stereocenters. The van der Waals surface area contributed by atoms with Crippen molar-refractivity contribution >= 4 is 71.8 Å². The molecule has 0 spiro atoms. The van der Waals surface area contributed by atoms with Gasteiger partial charge in [-0.15, -0.1) is 11.3 Å². The van der Waals surface area contributed by atoms with Gasteiger partial charge >= 0.3 is 0 Å². The molecule has 0 aliphatic heterocycles. The number of methoxy groups -OCH3 is 1. The van der Waals surface area contributed by atoms with Gasteiger partial charge in [0, 0.05) is 18.6 Å². The second-order valence-corrected chi connectivity index (χ2v) is 14.2. The number of aromatic nitrogens is 2. The van der Waals surface area contributed by atoms with Crippen LogP contribution in [0.15, 0.2) is 79.3 Å². The molecule has 5 rings (SSSR count). The lowest BCUT2D eigenvalue weighted by molar-refractivity contribution is 0.102. The monoisotopic (exact) mass is 659 g/mol. The summed E-state index contributed by atoms with van der Waals surface area (Å²) in [6.45, 7) is 5.94. The predicted octanol–water partition coefficient (Wildman–Crippen LogP) is 6.31. The van der Waals surface area contributed by atoms with Crippen LogP contribution in [-0.2, 0) is 15.4 Å². The van der Waals surface area contributed by atoms with Crippen molar-refractivity contribution in [2.24, 2.45) is 0 Å². The van der Waals surface area contributed by atoms with Crippen LogP contribution in [0.1, 0.15) is 46.4 Å². The number of carbonyl (C=O) groups is 2. The molecule has 238 valence electrons. The van der Waals surface area contributed by atoms with Crippen molar-refractivity contribution in [3.05, 3.63) is 95.3 Å². The third-order valence-corrected chi connectivity index (χ3v) is 8.53. The summed E-state index contributed by atoms with van der Waals surface area (Å²) >= 11 is 1.22. The number of hydrazine groups is 1. The molecular formula is C32H33N7O5S2. The Morgan fingerprint density at radius 1 is 0.870 bits per heavy atom. The Bertz CT molecular complexity index is 2010. The minimum atomic E-state index is -3.62. The Morgan fingerprint density at radius 3 is 2.24 bits per heavy atom. The van der Waals surface area contributed by atoms with E-state index < -0.39 is 15.9 Å². The van der Waals surface area contributed by atoms with Gasteiger partial charge in [-0.05, 0) is 64.9 Å². The largest absolute Gasteiger partial charge is 0.492 e. The first-order chi connectivity index (χ1) is 21.8. The smallest absolute Gasteiger partial charge is 0.265 e. The highest BCUT2D eigenvalue weighted by molar-refractivity contribution is 7.92. The van der Waals surface area contributed by atoms with Crippen LogP contribution in [-0.4, -0.2) is 43.6 Å².